The monoisotopic (exact) mass is 393 g/mol. The van der Waals surface area contributed by atoms with Crippen molar-refractivity contribution in [2.45, 2.75) is 25.6 Å². The Morgan fingerprint density at radius 2 is 2.00 bits per heavy atom. The first-order valence-corrected chi connectivity index (χ1v) is 8.81. The van der Waals surface area contributed by atoms with E-state index in [0.717, 1.165) is 17.4 Å². The lowest BCUT2D eigenvalue weighted by atomic mass is 10.1. The van der Waals surface area contributed by atoms with Crippen LogP contribution in [0.1, 0.15) is 12.8 Å². The summed E-state index contributed by atoms with van der Waals surface area (Å²) in [5.41, 5.74) is 1.18. The fourth-order valence-electron chi connectivity index (χ4n) is 3.04. The topological polar surface area (TPSA) is 46.9 Å². The number of carbonyl (C=O) groups excluding carboxylic acids is 1. The van der Waals surface area contributed by atoms with Crippen molar-refractivity contribution in [3.05, 3.63) is 47.6 Å². The summed E-state index contributed by atoms with van der Waals surface area (Å²) in [5.74, 6) is 0.230. The van der Waals surface area contributed by atoms with E-state index in [1.807, 2.05) is 0 Å². The van der Waals surface area contributed by atoms with Crippen molar-refractivity contribution >= 4 is 34.2 Å². The van der Waals surface area contributed by atoms with E-state index in [2.05, 4.69) is 10.3 Å². The molecule has 1 N–H and O–H groups in total. The van der Waals surface area contributed by atoms with Gasteiger partial charge in [0.1, 0.15) is 12.4 Å². The van der Waals surface area contributed by atoms with Crippen molar-refractivity contribution in [1.29, 1.82) is 0 Å². The largest absolute Gasteiger partial charge is 0.406 e. The zero-order valence-corrected chi connectivity index (χ0v) is 14.8. The highest BCUT2D eigenvalue weighted by Crippen LogP contribution is 2.35. The normalized spacial score (nSPS) is 14.5. The van der Waals surface area contributed by atoms with Gasteiger partial charge in [0.05, 0.1) is 17.4 Å². The van der Waals surface area contributed by atoms with Crippen LogP contribution < -0.4 is 5.32 Å². The summed E-state index contributed by atoms with van der Waals surface area (Å²) in [4.78, 5) is 16.0. The van der Waals surface area contributed by atoms with Crippen molar-refractivity contribution in [2.75, 3.05) is 5.32 Å². The molecular weight excluding hydrogens is 379 g/mol. The maximum atomic E-state index is 13.2. The molecule has 0 saturated heterocycles. The first-order chi connectivity index (χ1) is 12.8. The molecule has 8 heteroatoms. The molecule has 27 heavy (non-hydrogen) atoms. The van der Waals surface area contributed by atoms with Gasteiger partial charge in [-0.25, -0.2) is 4.98 Å². The molecule has 1 aromatic carbocycles. The first kappa shape index (κ1) is 17.9. The van der Waals surface area contributed by atoms with Crippen molar-refractivity contribution in [3.8, 4) is 11.3 Å². The lowest BCUT2D eigenvalue weighted by Gasteiger charge is -2.14. The molecule has 1 aliphatic carbocycles. The van der Waals surface area contributed by atoms with Gasteiger partial charge in [0, 0.05) is 21.9 Å². The van der Waals surface area contributed by atoms with Crippen LogP contribution in [-0.4, -0.2) is 21.6 Å². The van der Waals surface area contributed by atoms with Crippen LogP contribution in [-0.2, 0) is 11.3 Å². The molecule has 3 aromatic rings. The minimum absolute atomic E-state index is 0.0102. The summed E-state index contributed by atoms with van der Waals surface area (Å²) in [6.45, 7) is -1.16. The molecule has 0 spiro atoms. The SMILES string of the molecule is O=C(Nc1cc2cc(-c3ccccc3Cl)n(CC(F)(F)F)c2cn1)C1CC1. The van der Waals surface area contributed by atoms with Crippen LogP contribution in [0.3, 0.4) is 0 Å². The number of rotatable bonds is 4. The van der Waals surface area contributed by atoms with Crippen LogP contribution in [0.25, 0.3) is 22.2 Å². The van der Waals surface area contributed by atoms with Gasteiger partial charge in [-0.15, -0.1) is 0 Å². The smallest absolute Gasteiger partial charge is 0.330 e. The molecule has 4 nitrogen and oxygen atoms in total. The number of halogens is 4. The van der Waals surface area contributed by atoms with Gasteiger partial charge in [0.2, 0.25) is 5.91 Å². The van der Waals surface area contributed by atoms with E-state index >= 15 is 0 Å². The predicted octanol–water partition coefficient (Wildman–Crippen LogP) is 5.27. The zero-order valence-electron chi connectivity index (χ0n) is 14.1. The van der Waals surface area contributed by atoms with Crippen LogP contribution in [0.4, 0.5) is 19.0 Å². The number of alkyl halides is 3. The second-order valence-corrected chi connectivity index (χ2v) is 7.01. The maximum absolute atomic E-state index is 13.2. The van der Waals surface area contributed by atoms with E-state index in [4.69, 9.17) is 11.6 Å². The van der Waals surface area contributed by atoms with E-state index < -0.39 is 12.7 Å². The average Bonchev–Trinajstić information content (AvgIpc) is 3.39. The summed E-state index contributed by atoms with van der Waals surface area (Å²) in [6, 6.07) is 9.96. The maximum Gasteiger partial charge on any atom is 0.406 e. The molecule has 1 aliphatic rings. The Morgan fingerprint density at radius 3 is 2.67 bits per heavy atom. The second kappa shape index (κ2) is 6.56. The summed E-state index contributed by atoms with van der Waals surface area (Å²) in [5, 5.41) is 3.63. The Labute approximate surface area is 158 Å². The molecule has 140 valence electrons. The van der Waals surface area contributed by atoms with Gasteiger partial charge < -0.3 is 9.88 Å². The van der Waals surface area contributed by atoms with Gasteiger partial charge in [0.25, 0.3) is 0 Å². The number of benzene rings is 1. The van der Waals surface area contributed by atoms with E-state index in [-0.39, 0.29) is 11.8 Å². The highest BCUT2D eigenvalue weighted by Gasteiger charge is 2.31. The summed E-state index contributed by atoms with van der Waals surface area (Å²) in [7, 11) is 0. The lowest BCUT2D eigenvalue weighted by Crippen LogP contribution is -2.18. The van der Waals surface area contributed by atoms with Gasteiger partial charge in [-0.1, -0.05) is 29.8 Å². The number of carbonyl (C=O) groups is 1. The molecule has 2 heterocycles. The zero-order chi connectivity index (χ0) is 19.2. The summed E-state index contributed by atoms with van der Waals surface area (Å²) >= 11 is 6.20. The van der Waals surface area contributed by atoms with Crippen molar-refractivity contribution in [3.63, 3.8) is 0 Å². The number of hydrogen-bond acceptors (Lipinski definition) is 2. The Hall–Kier alpha value is -2.54. The molecule has 1 fully saturated rings. The molecule has 1 amide bonds. The fraction of sp³-hybridized carbons (Fsp3) is 0.263. The van der Waals surface area contributed by atoms with Gasteiger partial charge in [-0.05, 0) is 31.0 Å². The molecule has 4 rings (SSSR count). The first-order valence-electron chi connectivity index (χ1n) is 8.43. The van der Waals surface area contributed by atoms with E-state index in [0.29, 0.717) is 33.0 Å². The quantitative estimate of drug-likeness (QED) is 0.656. The number of pyridine rings is 1. The minimum atomic E-state index is -4.40. The molecule has 0 bridgehead atoms. The van der Waals surface area contributed by atoms with E-state index in [1.165, 1.54) is 6.20 Å². The number of amides is 1. The average molecular weight is 394 g/mol. The Bertz CT molecular complexity index is 1020. The van der Waals surface area contributed by atoms with Gasteiger partial charge in [-0.2, -0.15) is 13.2 Å². The molecule has 0 atom stereocenters. The molecule has 0 aliphatic heterocycles. The van der Waals surface area contributed by atoms with Crippen LogP contribution in [0.2, 0.25) is 5.02 Å². The van der Waals surface area contributed by atoms with Crippen molar-refractivity contribution in [2.24, 2.45) is 5.92 Å². The number of nitrogens with one attached hydrogen (secondary N) is 1. The number of hydrogen-bond donors (Lipinski definition) is 1. The molecule has 0 radical (unpaired) electrons. The molecule has 2 aromatic heterocycles. The number of anilines is 1. The Balaban J connectivity index is 1.81. The van der Waals surface area contributed by atoms with Crippen molar-refractivity contribution < 1.29 is 18.0 Å². The fourth-order valence-corrected chi connectivity index (χ4v) is 3.28. The highest BCUT2D eigenvalue weighted by molar-refractivity contribution is 6.33. The molecule has 1 saturated carbocycles. The van der Waals surface area contributed by atoms with Crippen LogP contribution in [0, 0.1) is 5.92 Å². The number of aromatic nitrogens is 2. The van der Waals surface area contributed by atoms with Gasteiger partial charge in [0.15, 0.2) is 0 Å². The third-order valence-corrected chi connectivity index (χ3v) is 4.80. The van der Waals surface area contributed by atoms with E-state index in [9.17, 15) is 18.0 Å². The Kier molecular flexibility index (Phi) is 4.34. The van der Waals surface area contributed by atoms with Crippen LogP contribution >= 0.6 is 11.6 Å². The Morgan fingerprint density at radius 1 is 1.26 bits per heavy atom. The standard InChI is InChI=1S/C19H15ClF3N3O/c20-14-4-2-1-3-13(14)15-7-12-8-17(25-18(27)11-5-6-11)24-9-16(12)26(15)10-19(21,22)23/h1-4,7-9,11H,5-6,10H2,(H,24,25,27). The third kappa shape index (κ3) is 3.78. The van der Waals surface area contributed by atoms with Gasteiger partial charge in [-0.3, -0.25) is 4.79 Å². The summed E-state index contributed by atoms with van der Waals surface area (Å²) < 4.78 is 40.6. The highest BCUT2D eigenvalue weighted by atomic mass is 35.5. The van der Waals surface area contributed by atoms with E-state index in [1.54, 1.807) is 36.4 Å². The lowest BCUT2D eigenvalue weighted by molar-refractivity contribution is -0.139. The minimum Gasteiger partial charge on any atom is -0.330 e. The van der Waals surface area contributed by atoms with Crippen molar-refractivity contribution in [1.82, 2.24) is 9.55 Å². The number of fused-ring (bicyclic) bond motifs is 1. The predicted molar refractivity (Wildman–Crippen MR) is 97.6 cm³/mol. The third-order valence-electron chi connectivity index (χ3n) is 4.47. The number of nitrogens with zero attached hydrogens (tertiary/aromatic N) is 2. The second-order valence-electron chi connectivity index (χ2n) is 6.60. The van der Waals surface area contributed by atoms with Gasteiger partial charge >= 0.3 is 6.18 Å². The molecule has 0 unspecified atom stereocenters. The van der Waals surface area contributed by atoms with Crippen LogP contribution in [0.15, 0.2) is 42.6 Å². The summed E-state index contributed by atoms with van der Waals surface area (Å²) in [6.07, 6.45) is -1.34. The molecular formula is C19H15ClF3N3O. The van der Waals surface area contributed by atoms with Crippen LogP contribution in [0.5, 0.6) is 0 Å².